The zero-order chi connectivity index (χ0) is 19.3. The number of carboxylic acid groups (broad SMARTS) is 1. The van der Waals surface area contributed by atoms with Gasteiger partial charge < -0.3 is 15.7 Å². The fourth-order valence-corrected chi connectivity index (χ4v) is 1.68. The predicted molar refractivity (Wildman–Crippen MR) is 81.9 cm³/mol. The SMILES string of the molecule is CC(NC(=O)C(C)NC(=O)c1cc([N+](=O)[O-])cc([N+](=O)[O-])c1)C(=O)O. The Morgan fingerprint density at radius 3 is 1.84 bits per heavy atom. The van der Waals surface area contributed by atoms with Crippen LogP contribution < -0.4 is 10.6 Å². The first-order chi connectivity index (χ1) is 11.5. The summed E-state index contributed by atoms with van der Waals surface area (Å²) in [4.78, 5) is 54.3. The first kappa shape index (κ1) is 19.5. The second-order valence-electron chi connectivity index (χ2n) is 5.02. The number of carbonyl (C=O) groups excluding carboxylic acids is 2. The molecule has 134 valence electrons. The molecule has 0 radical (unpaired) electrons. The smallest absolute Gasteiger partial charge is 0.325 e. The standard InChI is InChI=1S/C13H14N4O8/c1-6(11(18)15-7(2)13(20)21)14-12(19)8-3-9(16(22)23)5-10(4-8)17(24)25/h3-7H,1-2H3,(H,14,19)(H,15,18)(H,20,21). The number of carbonyl (C=O) groups is 3. The van der Waals surface area contributed by atoms with Gasteiger partial charge in [-0.3, -0.25) is 34.6 Å². The van der Waals surface area contributed by atoms with E-state index in [0.29, 0.717) is 6.07 Å². The van der Waals surface area contributed by atoms with E-state index in [-0.39, 0.29) is 5.56 Å². The maximum atomic E-state index is 12.1. The Morgan fingerprint density at radius 2 is 1.44 bits per heavy atom. The Hall–Kier alpha value is -3.57. The molecule has 1 rings (SSSR count). The Bertz CT molecular complexity index is 715. The average Bonchev–Trinajstić information content (AvgIpc) is 2.53. The number of nitro groups is 2. The van der Waals surface area contributed by atoms with Crippen molar-refractivity contribution < 1.29 is 29.3 Å². The van der Waals surface area contributed by atoms with Crippen LogP contribution in [0.25, 0.3) is 0 Å². The van der Waals surface area contributed by atoms with Crippen LogP contribution in [0.3, 0.4) is 0 Å². The van der Waals surface area contributed by atoms with Gasteiger partial charge in [-0.1, -0.05) is 0 Å². The third kappa shape index (κ3) is 5.23. The molecule has 1 aromatic rings. The lowest BCUT2D eigenvalue weighted by molar-refractivity contribution is -0.394. The van der Waals surface area contributed by atoms with Crippen molar-refractivity contribution in [2.24, 2.45) is 0 Å². The lowest BCUT2D eigenvalue weighted by Gasteiger charge is -2.16. The Labute approximate surface area is 140 Å². The van der Waals surface area contributed by atoms with Gasteiger partial charge in [-0.05, 0) is 13.8 Å². The average molecular weight is 354 g/mol. The van der Waals surface area contributed by atoms with Crippen molar-refractivity contribution in [3.8, 4) is 0 Å². The molecule has 2 unspecified atom stereocenters. The molecular formula is C13H14N4O8. The molecule has 0 saturated heterocycles. The molecule has 1 aromatic carbocycles. The minimum absolute atomic E-state index is 0.383. The van der Waals surface area contributed by atoms with Gasteiger partial charge in [0.05, 0.1) is 21.5 Å². The van der Waals surface area contributed by atoms with Crippen molar-refractivity contribution >= 4 is 29.2 Å². The topological polar surface area (TPSA) is 182 Å². The van der Waals surface area contributed by atoms with Gasteiger partial charge >= 0.3 is 5.97 Å². The van der Waals surface area contributed by atoms with Gasteiger partial charge in [-0.15, -0.1) is 0 Å². The molecule has 2 amide bonds. The van der Waals surface area contributed by atoms with Crippen molar-refractivity contribution in [2.45, 2.75) is 25.9 Å². The second kappa shape index (κ2) is 7.81. The van der Waals surface area contributed by atoms with Crippen LogP contribution >= 0.6 is 0 Å². The van der Waals surface area contributed by atoms with Gasteiger partial charge in [0.2, 0.25) is 5.91 Å². The molecule has 0 aliphatic carbocycles. The fourth-order valence-electron chi connectivity index (χ4n) is 1.68. The summed E-state index contributed by atoms with van der Waals surface area (Å²) in [6, 6.07) is -0.0143. The summed E-state index contributed by atoms with van der Waals surface area (Å²) in [5.41, 5.74) is -1.70. The molecule has 0 bridgehead atoms. The van der Waals surface area contributed by atoms with Gasteiger partial charge in [0.15, 0.2) is 0 Å². The number of benzene rings is 1. The summed E-state index contributed by atoms with van der Waals surface area (Å²) < 4.78 is 0. The summed E-state index contributed by atoms with van der Waals surface area (Å²) in [6.45, 7) is 2.48. The van der Waals surface area contributed by atoms with Crippen LogP contribution in [0.5, 0.6) is 0 Å². The number of rotatable bonds is 7. The molecule has 0 aliphatic heterocycles. The summed E-state index contributed by atoms with van der Waals surface area (Å²) >= 11 is 0. The second-order valence-corrected chi connectivity index (χ2v) is 5.02. The molecule has 0 aromatic heterocycles. The highest BCUT2D eigenvalue weighted by Gasteiger charge is 2.24. The van der Waals surface area contributed by atoms with Crippen LogP contribution in [-0.2, 0) is 9.59 Å². The monoisotopic (exact) mass is 354 g/mol. The number of carboxylic acids is 1. The van der Waals surface area contributed by atoms with Crippen LogP contribution in [0.1, 0.15) is 24.2 Å². The van der Waals surface area contributed by atoms with Gasteiger partial charge in [-0.25, -0.2) is 0 Å². The summed E-state index contributed by atoms with van der Waals surface area (Å²) in [5, 5.41) is 34.6. The van der Waals surface area contributed by atoms with E-state index in [0.717, 1.165) is 12.1 Å². The Balaban J connectivity index is 2.96. The molecule has 2 atom stereocenters. The molecule has 0 saturated carbocycles. The lowest BCUT2D eigenvalue weighted by atomic mass is 10.1. The highest BCUT2D eigenvalue weighted by molar-refractivity contribution is 5.98. The zero-order valence-electron chi connectivity index (χ0n) is 13.1. The molecule has 25 heavy (non-hydrogen) atoms. The number of hydrogen-bond donors (Lipinski definition) is 3. The van der Waals surface area contributed by atoms with Crippen LogP contribution in [0.2, 0.25) is 0 Å². The predicted octanol–water partition coefficient (Wildman–Crippen LogP) is 0.211. The van der Waals surface area contributed by atoms with Gasteiger partial charge in [0.1, 0.15) is 12.1 Å². The molecule has 12 nitrogen and oxygen atoms in total. The van der Waals surface area contributed by atoms with Crippen molar-refractivity contribution in [3.63, 3.8) is 0 Å². The first-order valence-electron chi connectivity index (χ1n) is 6.80. The summed E-state index contributed by atoms with van der Waals surface area (Å²) in [5.74, 6) is -3.04. The Morgan fingerprint density at radius 1 is 0.960 bits per heavy atom. The Kier molecular flexibility index (Phi) is 6.08. The number of aliphatic carboxylic acids is 1. The van der Waals surface area contributed by atoms with E-state index in [2.05, 4.69) is 10.6 Å². The molecule has 12 heteroatoms. The number of amides is 2. The fraction of sp³-hybridized carbons (Fsp3) is 0.308. The molecule has 3 N–H and O–H groups in total. The summed E-state index contributed by atoms with van der Waals surface area (Å²) in [7, 11) is 0. The van der Waals surface area contributed by atoms with E-state index < -0.39 is 51.1 Å². The maximum Gasteiger partial charge on any atom is 0.325 e. The largest absolute Gasteiger partial charge is 0.480 e. The number of nitro benzene ring substituents is 2. The third-order valence-electron chi connectivity index (χ3n) is 3.06. The van der Waals surface area contributed by atoms with Crippen molar-refractivity contribution in [1.29, 1.82) is 0 Å². The molecular weight excluding hydrogens is 340 g/mol. The highest BCUT2D eigenvalue weighted by atomic mass is 16.6. The highest BCUT2D eigenvalue weighted by Crippen LogP contribution is 2.22. The molecule has 0 heterocycles. The number of nitrogens with zero attached hydrogens (tertiary/aromatic N) is 2. The van der Waals surface area contributed by atoms with E-state index >= 15 is 0 Å². The van der Waals surface area contributed by atoms with Gasteiger partial charge in [-0.2, -0.15) is 0 Å². The number of hydrogen-bond acceptors (Lipinski definition) is 7. The molecule has 0 spiro atoms. The summed E-state index contributed by atoms with van der Waals surface area (Å²) in [6.07, 6.45) is 0. The van der Waals surface area contributed by atoms with Crippen molar-refractivity contribution in [3.05, 3.63) is 44.0 Å². The van der Waals surface area contributed by atoms with E-state index in [1.54, 1.807) is 0 Å². The van der Waals surface area contributed by atoms with Crippen LogP contribution in [0, 0.1) is 20.2 Å². The molecule has 0 aliphatic rings. The number of nitrogens with one attached hydrogen (secondary N) is 2. The molecule has 0 fully saturated rings. The first-order valence-corrected chi connectivity index (χ1v) is 6.80. The lowest BCUT2D eigenvalue weighted by Crippen LogP contribution is -2.49. The quantitative estimate of drug-likeness (QED) is 0.458. The zero-order valence-corrected chi connectivity index (χ0v) is 13.1. The van der Waals surface area contributed by atoms with Crippen LogP contribution in [-0.4, -0.2) is 44.8 Å². The van der Waals surface area contributed by atoms with Gasteiger partial charge in [0.25, 0.3) is 17.3 Å². The van der Waals surface area contributed by atoms with E-state index in [1.807, 2.05) is 0 Å². The van der Waals surface area contributed by atoms with Crippen LogP contribution in [0.4, 0.5) is 11.4 Å². The van der Waals surface area contributed by atoms with Gasteiger partial charge in [0, 0.05) is 12.1 Å². The minimum atomic E-state index is -1.28. The maximum absolute atomic E-state index is 12.1. The number of non-ortho nitro benzene ring substituents is 2. The van der Waals surface area contributed by atoms with E-state index in [1.165, 1.54) is 13.8 Å². The third-order valence-corrected chi connectivity index (χ3v) is 3.06. The van der Waals surface area contributed by atoms with E-state index in [9.17, 15) is 34.6 Å². The normalized spacial score (nSPS) is 12.6. The van der Waals surface area contributed by atoms with E-state index in [4.69, 9.17) is 5.11 Å². The van der Waals surface area contributed by atoms with Crippen molar-refractivity contribution in [1.82, 2.24) is 10.6 Å². The minimum Gasteiger partial charge on any atom is -0.480 e. The van der Waals surface area contributed by atoms with Crippen LogP contribution in [0.15, 0.2) is 18.2 Å². The van der Waals surface area contributed by atoms with Crippen molar-refractivity contribution in [2.75, 3.05) is 0 Å².